The van der Waals surface area contributed by atoms with Gasteiger partial charge in [-0.1, -0.05) is 24.3 Å². The molecule has 1 aromatic heterocycles. The minimum atomic E-state index is -0.208. The van der Waals surface area contributed by atoms with Gasteiger partial charge in [-0.3, -0.25) is 4.98 Å². The van der Waals surface area contributed by atoms with Gasteiger partial charge in [0.1, 0.15) is 6.10 Å². The van der Waals surface area contributed by atoms with Crippen LogP contribution in [0.3, 0.4) is 0 Å². The first kappa shape index (κ1) is 17.2. The first-order valence-electron chi connectivity index (χ1n) is 8.56. The van der Waals surface area contributed by atoms with Crippen molar-refractivity contribution in [1.82, 2.24) is 10.3 Å². The van der Waals surface area contributed by atoms with Crippen LogP contribution in [0.4, 0.5) is 10.5 Å². The first-order chi connectivity index (χ1) is 12.3. The van der Waals surface area contributed by atoms with Crippen molar-refractivity contribution < 1.29 is 9.53 Å². The number of allylic oxidation sites excluding steroid dienone is 1. The summed E-state index contributed by atoms with van der Waals surface area (Å²) in [6.07, 6.45) is 7.75. The second-order valence-electron chi connectivity index (χ2n) is 6.05. The van der Waals surface area contributed by atoms with E-state index in [0.29, 0.717) is 6.61 Å². The van der Waals surface area contributed by atoms with E-state index < -0.39 is 0 Å². The Balaban J connectivity index is 1.64. The van der Waals surface area contributed by atoms with Gasteiger partial charge in [0.15, 0.2) is 0 Å². The number of benzene rings is 1. The van der Waals surface area contributed by atoms with Gasteiger partial charge >= 0.3 is 6.03 Å². The molecule has 1 saturated heterocycles. The van der Waals surface area contributed by atoms with Crippen molar-refractivity contribution >= 4 is 11.7 Å². The minimum absolute atomic E-state index is 0.0530. The lowest BCUT2D eigenvalue weighted by atomic mass is 10.0. The third-order valence-electron chi connectivity index (χ3n) is 4.33. The van der Waals surface area contributed by atoms with Crippen molar-refractivity contribution in [2.45, 2.75) is 31.4 Å². The second-order valence-corrected chi connectivity index (χ2v) is 6.05. The fourth-order valence-corrected chi connectivity index (χ4v) is 3.06. The Labute approximate surface area is 148 Å². The third kappa shape index (κ3) is 4.45. The number of urea groups is 1. The number of carbonyl (C=O) groups excluding carboxylic acids is 1. The summed E-state index contributed by atoms with van der Waals surface area (Å²) in [5.41, 5.74) is 2.97. The van der Waals surface area contributed by atoms with Crippen LogP contribution >= 0.6 is 0 Å². The van der Waals surface area contributed by atoms with Crippen molar-refractivity contribution in [2.75, 3.05) is 11.9 Å². The standard InChI is InChI=1S/C20H23N3O2/c1-2-3-6-15-7-4-5-8-17(15)22-20(24)23-18-11-14-25-19(18)16-9-12-21-13-10-16/h2,4-5,7-10,12-13,18-19H,1,3,6,11,14H2,(H2,22,23,24)/t18-,19+/m1/s1. The molecule has 5 heteroatoms. The number of anilines is 1. The van der Waals surface area contributed by atoms with E-state index in [0.717, 1.165) is 36.1 Å². The number of aromatic nitrogens is 1. The molecule has 0 saturated carbocycles. The lowest BCUT2D eigenvalue weighted by Crippen LogP contribution is -2.39. The zero-order chi connectivity index (χ0) is 17.5. The normalized spacial score (nSPS) is 19.4. The molecule has 2 N–H and O–H groups in total. The van der Waals surface area contributed by atoms with E-state index >= 15 is 0 Å². The number of nitrogens with zero attached hydrogens (tertiary/aromatic N) is 1. The number of hydrogen-bond donors (Lipinski definition) is 2. The maximum atomic E-state index is 12.5. The van der Waals surface area contributed by atoms with E-state index in [1.54, 1.807) is 12.4 Å². The summed E-state index contributed by atoms with van der Waals surface area (Å²) in [7, 11) is 0. The Bertz CT molecular complexity index is 718. The quantitative estimate of drug-likeness (QED) is 0.787. The van der Waals surface area contributed by atoms with Gasteiger partial charge in [-0.2, -0.15) is 0 Å². The van der Waals surface area contributed by atoms with E-state index in [1.165, 1.54) is 0 Å². The molecule has 1 aromatic carbocycles. The molecule has 2 atom stereocenters. The molecule has 25 heavy (non-hydrogen) atoms. The van der Waals surface area contributed by atoms with Crippen LogP contribution in [0.2, 0.25) is 0 Å². The first-order valence-corrected chi connectivity index (χ1v) is 8.56. The fraction of sp³-hybridized carbons (Fsp3) is 0.300. The molecular weight excluding hydrogens is 314 g/mol. The second kappa shape index (κ2) is 8.44. The highest BCUT2D eigenvalue weighted by atomic mass is 16.5. The molecule has 2 aromatic rings. The maximum Gasteiger partial charge on any atom is 0.319 e. The highest BCUT2D eigenvalue weighted by molar-refractivity contribution is 5.90. The summed E-state index contributed by atoms with van der Waals surface area (Å²) in [6, 6.07) is 11.4. The summed E-state index contributed by atoms with van der Waals surface area (Å²) in [4.78, 5) is 16.5. The molecule has 1 aliphatic heterocycles. The smallest absolute Gasteiger partial charge is 0.319 e. The van der Waals surface area contributed by atoms with Crippen LogP contribution in [0.1, 0.15) is 30.1 Å². The average Bonchev–Trinajstić information content (AvgIpc) is 3.09. The molecule has 0 radical (unpaired) electrons. The van der Waals surface area contributed by atoms with Crippen LogP contribution in [-0.2, 0) is 11.2 Å². The van der Waals surface area contributed by atoms with Gasteiger partial charge in [0, 0.05) is 24.7 Å². The van der Waals surface area contributed by atoms with Crippen molar-refractivity contribution in [2.24, 2.45) is 0 Å². The highest BCUT2D eigenvalue weighted by Gasteiger charge is 2.30. The molecule has 0 unspecified atom stereocenters. The number of nitrogens with one attached hydrogen (secondary N) is 2. The summed E-state index contributed by atoms with van der Waals surface area (Å²) in [5, 5.41) is 6.01. The summed E-state index contributed by atoms with van der Waals surface area (Å²) < 4.78 is 5.80. The van der Waals surface area contributed by atoms with Crippen molar-refractivity contribution in [3.63, 3.8) is 0 Å². The third-order valence-corrected chi connectivity index (χ3v) is 4.33. The van der Waals surface area contributed by atoms with E-state index in [4.69, 9.17) is 4.74 Å². The molecule has 0 bridgehead atoms. The Hall–Kier alpha value is -2.66. The zero-order valence-electron chi connectivity index (χ0n) is 14.2. The Morgan fingerprint density at radius 1 is 1.28 bits per heavy atom. The Kier molecular flexibility index (Phi) is 5.80. The van der Waals surface area contributed by atoms with E-state index in [1.807, 2.05) is 42.5 Å². The summed E-state index contributed by atoms with van der Waals surface area (Å²) in [6.45, 7) is 4.39. The van der Waals surface area contributed by atoms with Gasteiger partial charge in [0.05, 0.1) is 6.04 Å². The minimum Gasteiger partial charge on any atom is -0.371 e. The number of rotatable bonds is 6. The van der Waals surface area contributed by atoms with Gasteiger partial charge in [-0.25, -0.2) is 4.79 Å². The number of carbonyl (C=O) groups is 1. The van der Waals surface area contributed by atoms with Crippen molar-refractivity contribution in [3.05, 3.63) is 72.6 Å². The number of amides is 2. The molecule has 2 amide bonds. The van der Waals surface area contributed by atoms with Gasteiger partial charge in [0.2, 0.25) is 0 Å². The molecule has 1 aliphatic rings. The summed E-state index contributed by atoms with van der Waals surface area (Å²) >= 11 is 0. The lowest BCUT2D eigenvalue weighted by molar-refractivity contribution is 0.100. The van der Waals surface area contributed by atoms with Crippen molar-refractivity contribution in [1.29, 1.82) is 0 Å². The van der Waals surface area contributed by atoms with Gasteiger partial charge in [-0.15, -0.1) is 6.58 Å². The molecule has 1 fully saturated rings. The topological polar surface area (TPSA) is 63.2 Å². The largest absolute Gasteiger partial charge is 0.371 e. The number of pyridine rings is 1. The number of para-hydroxylation sites is 1. The lowest BCUT2D eigenvalue weighted by Gasteiger charge is -2.21. The summed E-state index contributed by atoms with van der Waals surface area (Å²) in [5.74, 6) is 0. The highest BCUT2D eigenvalue weighted by Crippen LogP contribution is 2.28. The van der Waals surface area contributed by atoms with E-state index in [-0.39, 0.29) is 18.2 Å². The molecule has 130 valence electrons. The zero-order valence-corrected chi connectivity index (χ0v) is 14.2. The molecule has 2 heterocycles. The number of hydrogen-bond acceptors (Lipinski definition) is 3. The molecule has 3 rings (SSSR count). The van der Waals surface area contributed by atoms with Gasteiger partial charge in [0.25, 0.3) is 0 Å². The van der Waals surface area contributed by atoms with Crippen molar-refractivity contribution in [3.8, 4) is 0 Å². The van der Waals surface area contributed by atoms with Crippen LogP contribution in [0.15, 0.2) is 61.4 Å². The van der Waals surface area contributed by atoms with Crippen LogP contribution < -0.4 is 10.6 Å². The van der Waals surface area contributed by atoms with Gasteiger partial charge in [-0.05, 0) is 48.6 Å². The average molecular weight is 337 g/mol. The predicted molar refractivity (Wildman–Crippen MR) is 98.4 cm³/mol. The maximum absolute atomic E-state index is 12.5. The molecule has 0 spiro atoms. The SMILES string of the molecule is C=CCCc1ccccc1NC(=O)N[C@@H]1CCO[C@H]1c1ccncc1. The van der Waals surface area contributed by atoms with Crippen LogP contribution in [-0.4, -0.2) is 23.7 Å². The molecule has 5 nitrogen and oxygen atoms in total. The van der Waals surface area contributed by atoms with Crippen LogP contribution in [0.25, 0.3) is 0 Å². The molecular formula is C20H23N3O2. The monoisotopic (exact) mass is 337 g/mol. The number of aryl methyl sites for hydroxylation is 1. The van der Waals surface area contributed by atoms with E-state index in [2.05, 4.69) is 22.2 Å². The fourth-order valence-electron chi connectivity index (χ4n) is 3.06. The Morgan fingerprint density at radius 3 is 2.88 bits per heavy atom. The van der Waals surface area contributed by atoms with Crippen LogP contribution in [0, 0.1) is 0 Å². The number of ether oxygens (including phenoxy) is 1. The van der Waals surface area contributed by atoms with Gasteiger partial charge < -0.3 is 15.4 Å². The Morgan fingerprint density at radius 2 is 2.08 bits per heavy atom. The predicted octanol–water partition coefficient (Wildman–Crippen LogP) is 3.85. The van der Waals surface area contributed by atoms with E-state index in [9.17, 15) is 4.79 Å². The van der Waals surface area contributed by atoms with Crippen LogP contribution in [0.5, 0.6) is 0 Å². The molecule has 0 aliphatic carbocycles.